The normalized spacial score (nSPS) is 23.7. The van der Waals surface area contributed by atoms with E-state index in [1.165, 1.54) is 16.3 Å². The predicted octanol–water partition coefficient (Wildman–Crippen LogP) is 5.64. The van der Waals surface area contributed by atoms with Gasteiger partial charge in [0.15, 0.2) is 0 Å². The van der Waals surface area contributed by atoms with Crippen LogP contribution in [0.15, 0.2) is 41.9 Å². The van der Waals surface area contributed by atoms with Crippen LogP contribution in [-0.2, 0) is 52.7 Å². The van der Waals surface area contributed by atoms with Crippen molar-refractivity contribution in [3.63, 3.8) is 0 Å². The number of carbonyl (C=O) groups is 3. The van der Waals surface area contributed by atoms with Gasteiger partial charge in [-0.15, -0.1) is 11.3 Å². The number of benzene rings is 1. The van der Waals surface area contributed by atoms with Crippen molar-refractivity contribution in [1.29, 1.82) is 0 Å². The number of fused-ring (bicyclic) bond motifs is 6. The molecule has 2 N–H and O–H groups in total. The predicted molar refractivity (Wildman–Crippen MR) is 214 cm³/mol. The largest absolute Gasteiger partial charge is 0.464 e. The van der Waals surface area contributed by atoms with Crippen molar-refractivity contribution < 1.29 is 33.3 Å². The van der Waals surface area contributed by atoms with Gasteiger partial charge in [0.2, 0.25) is 5.91 Å². The first-order valence-corrected chi connectivity index (χ1v) is 20.6. The number of cyclic esters (lactones) is 1. The molecule has 13 nitrogen and oxygen atoms in total. The fraction of sp³-hybridized carbons (Fsp3) is 0.548. The molecule has 4 aromatic rings. The molecule has 56 heavy (non-hydrogen) atoms. The number of methoxy groups -OCH3 is 2. The quantitative estimate of drug-likeness (QED) is 0.215. The molecular weight excluding hydrogens is 733 g/mol. The van der Waals surface area contributed by atoms with Crippen molar-refractivity contribution in [2.75, 3.05) is 40.6 Å². The topological polar surface area (TPSA) is 146 Å². The van der Waals surface area contributed by atoms with Gasteiger partial charge in [-0.05, 0) is 75.3 Å². The number of nitrogens with one attached hydrogen (secondary N) is 2. The number of pyridine rings is 1. The lowest BCUT2D eigenvalue weighted by atomic mass is 9.84. The first-order chi connectivity index (χ1) is 27.0. The summed E-state index contributed by atoms with van der Waals surface area (Å²) in [5, 5.41) is 8.33. The van der Waals surface area contributed by atoms with Crippen LogP contribution in [0.1, 0.15) is 75.7 Å². The molecule has 3 aliphatic heterocycles. The Morgan fingerprint density at radius 2 is 2.04 bits per heavy atom. The number of carbonyl (C=O) groups excluding carboxylic acids is 3. The van der Waals surface area contributed by atoms with Gasteiger partial charge in [-0.1, -0.05) is 19.9 Å². The number of nitrogens with zero attached hydrogens (tertiary/aromatic N) is 4. The first kappa shape index (κ1) is 40.0. The number of hydrogen-bond acceptors (Lipinski definition) is 11. The number of thiazole rings is 1. The Morgan fingerprint density at radius 1 is 1.20 bits per heavy atom. The van der Waals surface area contributed by atoms with Crippen LogP contribution < -0.4 is 10.7 Å². The molecule has 6 heterocycles. The minimum absolute atomic E-state index is 0.0259. The lowest BCUT2D eigenvalue weighted by Gasteiger charge is -2.35. The maximum atomic E-state index is 14.2. The zero-order valence-corrected chi connectivity index (χ0v) is 34.1. The summed E-state index contributed by atoms with van der Waals surface area (Å²) in [5.74, 6) is -0.991. The summed E-state index contributed by atoms with van der Waals surface area (Å²) in [6, 6.07) is 8.91. The molecule has 0 radical (unpaired) electrons. The second kappa shape index (κ2) is 17.1. The van der Waals surface area contributed by atoms with E-state index in [4.69, 9.17) is 28.9 Å². The molecule has 6 bridgehead atoms. The molecule has 3 aliphatic rings. The van der Waals surface area contributed by atoms with E-state index in [1.807, 2.05) is 18.4 Å². The van der Waals surface area contributed by atoms with Crippen molar-refractivity contribution in [3.05, 3.63) is 58.2 Å². The Labute approximate surface area is 332 Å². The minimum Gasteiger partial charge on any atom is -0.464 e. The maximum absolute atomic E-state index is 14.2. The molecule has 5 atom stereocenters. The van der Waals surface area contributed by atoms with E-state index in [2.05, 4.69) is 60.3 Å². The number of hydrazine groups is 1. The summed E-state index contributed by atoms with van der Waals surface area (Å²) in [6.45, 7) is 10.7. The monoisotopic (exact) mass is 786 g/mol. The summed E-state index contributed by atoms with van der Waals surface area (Å²) in [7, 11) is 3.32. The second-order valence-corrected chi connectivity index (χ2v) is 16.9. The summed E-state index contributed by atoms with van der Waals surface area (Å²) in [5.41, 5.74) is 9.57. The van der Waals surface area contributed by atoms with E-state index in [-0.39, 0.29) is 49.4 Å². The molecule has 3 aromatic heterocycles. The molecular formula is C42H54N6O7S. The Morgan fingerprint density at radius 3 is 2.82 bits per heavy atom. The van der Waals surface area contributed by atoms with Gasteiger partial charge in [-0.2, -0.15) is 0 Å². The fourth-order valence-corrected chi connectivity index (χ4v) is 9.16. The van der Waals surface area contributed by atoms with Gasteiger partial charge in [0.05, 0.1) is 47.5 Å². The van der Waals surface area contributed by atoms with Gasteiger partial charge >= 0.3 is 5.97 Å². The standard InChI is InChI=1S/C42H54N6O7S/c1-7-47-34-13-12-26-18-29(34)30(39(47)28-10-8-15-43-38(28)25(2)52-5)21-42(3,4)24-55-41(51)31-11-9-16-48(46-31)40(50)32(20-37-45-33(26)23-56-37)44-36(49)19-27-14-17-54-22-35(27)53-6/h8,10,12-13,15,18,23,25,27,31-32,35,46H,7,9,11,14,16-17,19-22,24H2,1-6H3,(H,44,49)/t25-,27?,31-,32-,35?/m0/s1. The zero-order chi connectivity index (χ0) is 39.6. The number of rotatable bonds is 8. The third-order valence-corrected chi connectivity index (χ3v) is 12.2. The van der Waals surface area contributed by atoms with Gasteiger partial charge in [0.1, 0.15) is 12.1 Å². The molecule has 1 aromatic carbocycles. The van der Waals surface area contributed by atoms with Crippen molar-refractivity contribution in [2.45, 2.75) is 97.1 Å². The lowest BCUT2D eigenvalue weighted by Crippen LogP contribution is -2.60. The van der Waals surface area contributed by atoms with Crippen LogP contribution in [0.3, 0.4) is 0 Å². The number of aromatic nitrogens is 3. The van der Waals surface area contributed by atoms with Crippen molar-refractivity contribution in [1.82, 2.24) is 30.3 Å². The minimum atomic E-state index is -0.902. The van der Waals surface area contributed by atoms with Crippen LogP contribution in [0, 0.1) is 11.3 Å². The van der Waals surface area contributed by atoms with Gasteiger partial charge < -0.3 is 28.8 Å². The molecule has 2 unspecified atom stereocenters. The first-order valence-electron chi connectivity index (χ1n) is 19.7. The fourth-order valence-electron chi connectivity index (χ4n) is 8.31. The van der Waals surface area contributed by atoms with Crippen molar-refractivity contribution in [3.8, 4) is 22.5 Å². The molecule has 0 saturated carbocycles. The summed E-state index contributed by atoms with van der Waals surface area (Å²) in [4.78, 5) is 51.4. The van der Waals surface area contributed by atoms with E-state index in [0.717, 1.165) is 56.2 Å². The number of amides is 2. The van der Waals surface area contributed by atoms with Gasteiger partial charge in [0.25, 0.3) is 5.91 Å². The van der Waals surface area contributed by atoms with Gasteiger partial charge in [0, 0.05) is 85.8 Å². The maximum Gasteiger partial charge on any atom is 0.324 e. The van der Waals surface area contributed by atoms with Crippen LogP contribution in [0.2, 0.25) is 0 Å². The van der Waals surface area contributed by atoms with Crippen molar-refractivity contribution in [2.24, 2.45) is 11.3 Å². The smallest absolute Gasteiger partial charge is 0.324 e. The molecule has 2 amide bonds. The van der Waals surface area contributed by atoms with E-state index >= 15 is 0 Å². The van der Waals surface area contributed by atoms with Crippen LogP contribution in [0.4, 0.5) is 0 Å². The Balaban J connectivity index is 1.30. The van der Waals surface area contributed by atoms with Crippen LogP contribution in [0.25, 0.3) is 33.4 Å². The summed E-state index contributed by atoms with van der Waals surface area (Å²) in [6.07, 6.45) is 4.22. The van der Waals surface area contributed by atoms with E-state index in [9.17, 15) is 14.4 Å². The Hall–Kier alpha value is -4.21. The highest BCUT2D eigenvalue weighted by molar-refractivity contribution is 7.10. The SMILES string of the molecule is CCn1c(-c2cccnc2[C@H](C)OC)c2c3cc(ccc31)-c1csc(n1)C[C@H](NC(=O)CC1CCOCC1OC)C(=O)N1CCC[C@H](N1)C(=O)OCC(C)(C)C2. The third kappa shape index (κ3) is 8.40. The van der Waals surface area contributed by atoms with Crippen LogP contribution in [0.5, 0.6) is 0 Å². The highest BCUT2D eigenvalue weighted by Crippen LogP contribution is 2.42. The lowest BCUT2D eigenvalue weighted by molar-refractivity contribution is -0.155. The van der Waals surface area contributed by atoms with Gasteiger partial charge in [-0.25, -0.2) is 10.4 Å². The highest BCUT2D eigenvalue weighted by Gasteiger charge is 2.36. The Kier molecular flexibility index (Phi) is 12.2. The van der Waals surface area contributed by atoms with E-state index < -0.39 is 23.5 Å². The Bertz CT molecular complexity index is 2060. The van der Waals surface area contributed by atoms with Gasteiger partial charge in [-0.3, -0.25) is 24.4 Å². The average Bonchev–Trinajstić information content (AvgIpc) is 3.80. The van der Waals surface area contributed by atoms with Crippen molar-refractivity contribution >= 4 is 40.0 Å². The molecule has 14 heteroatoms. The third-order valence-electron chi connectivity index (χ3n) is 11.4. The summed E-state index contributed by atoms with van der Waals surface area (Å²) < 4.78 is 25.4. The number of hydrogen-bond donors (Lipinski definition) is 2. The summed E-state index contributed by atoms with van der Waals surface area (Å²) >= 11 is 1.46. The zero-order valence-electron chi connectivity index (χ0n) is 33.3. The second-order valence-electron chi connectivity index (χ2n) is 15.9. The number of aryl methyl sites for hydroxylation is 1. The number of ether oxygens (including phenoxy) is 4. The molecule has 2 saturated heterocycles. The van der Waals surface area contributed by atoms with Crippen LogP contribution >= 0.6 is 11.3 Å². The van der Waals surface area contributed by atoms with E-state index in [0.29, 0.717) is 45.4 Å². The molecule has 300 valence electrons. The van der Waals surface area contributed by atoms with E-state index in [1.54, 1.807) is 20.4 Å². The molecule has 0 spiro atoms. The highest BCUT2D eigenvalue weighted by atomic mass is 32.1. The molecule has 0 aliphatic carbocycles. The molecule has 7 rings (SSSR count). The van der Waals surface area contributed by atoms with Crippen LogP contribution in [-0.4, -0.2) is 96.1 Å². The molecule has 2 fully saturated rings. The number of esters is 1. The average molecular weight is 787 g/mol.